The number of halogens is 1. The summed E-state index contributed by atoms with van der Waals surface area (Å²) < 4.78 is 19.2. The first kappa shape index (κ1) is 19.6. The van der Waals surface area contributed by atoms with Crippen LogP contribution >= 0.6 is 0 Å². The number of ether oxygens (including phenoxy) is 1. The number of benzene rings is 2. The Morgan fingerprint density at radius 2 is 1.59 bits per heavy atom. The molecule has 0 aromatic heterocycles. The fourth-order valence-corrected chi connectivity index (χ4v) is 3.87. The molecule has 1 amide bonds. The van der Waals surface area contributed by atoms with Crippen LogP contribution in [0.2, 0.25) is 0 Å². The van der Waals surface area contributed by atoms with Crippen LogP contribution in [-0.2, 0) is 26.3 Å². The highest BCUT2D eigenvalue weighted by Crippen LogP contribution is 2.49. The van der Waals surface area contributed by atoms with Crippen LogP contribution in [0.4, 0.5) is 4.39 Å². The summed E-state index contributed by atoms with van der Waals surface area (Å²) in [6.45, 7) is 2.75. The van der Waals surface area contributed by atoms with Crippen molar-refractivity contribution in [1.29, 1.82) is 0 Å². The number of esters is 1. The van der Waals surface area contributed by atoms with Gasteiger partial charge in [-0.2, -0.15) is 0 Å². The Balaban J connectivity index is 1.24. The highest BCUT2D eigenvalue weighted by Gasteiger charge is 2.52. The molecular formula is C23H25FN2O3. The van der Waals surface area contributed by atoms with Gasteiger partial charge < -0.3 is 9.64 Å². The minimum absolute atomic E-state index is 0.173. The molecule has 5 nitrogen and oxygen atoms in total. The molecule has 1 aliphatic heterocycles. The van der Waals surface area contributed by atoms with Gasteiger partial charge in [0.05, 0.1) is 5.41 Å². The third-order valence-electron chi connectivity index (χ3n) is 5.87. The second-order valence-electron chi connectivity index (χ2n) is 7.77. The molecule has 2 aromatic carbocycles. The fraction of sp³-hybridized carbons (Fsp3) is 0.391. The molecular weight excluding hydrogens is 371 g/mol. The van der Waals surface area contributed by atoms with Gasteiger partial charge in [0.1, 0.15) is 5.82 Å². The van der Waals surface area contributed by atoms with Gasteiger partial charge in [-0.25, -0.2) is 4.39 Å². The minimum Gasteiger partial charge on any atom is -0.455 e. The topological polar surface area (TPSA) is 49.9 Å². The molecule has 29 heavy (non-hydrogen) atoms. The van der Waals surface area contributed by atoms with Crippen LogP contribution in [0.5, 0.6) is 0 Å². The number of carbonyl (C=O) groups excluding carboxylic acids is 2. The van der Waals surface area contributed by atoms with Crippen LogP contribution in [0.25, 0.3) is 0 Å². The third kappa shape index (κ3) is 4.32. The Morgan fingerprint density at radius 3 is 2.24 bits per heavy atom. The molecule has 0 spiro atoms. The molecule has 1 saturated heterocycles. The highest BCUT2D eigenvalue weighted by atomic mass is 19.1. The predicted octanol–water partition coefficient (Wildman–Crippen LogP) is 2.74. The second-order valence-corrected chi connectivity index (χ2v) is 7.77. The van der Waals surface area contributed by atoms with E-state index in [0.717, 1.165) is 18.4 Å². The summed E-state index contributed by atoms with van der Waals surface area (Å²) in [5.41, 5.74) is 1.05. The maximum absolute atomic E-state index is 13.8. The first-order valence-electron chi connectivity index (χ1n) is 10.0. The molecule has 0 unspecified atom stereocenters. The summed E-state index contributed by atoms with van der Waals surface area (Å²) in [6.07, 6.45) is 1.53. The Labute approximate surface area is 170 Å². The predicted molar refractivity (Wildman–Crippen MR) is 107 cm³/mol. The van der Waals surface area contributed by atoms with Gasteiger partial charge in [-0.05, 0) is 24.5 Å². The highest BCUT2D eigenvalue weighted by molar-refractivity contribution is 5.89. The van der Waals surface area contributed by atoms with Gasteiger partial charge in [0.2, 0.25) is 0 Å². The van der Waals surface area contributed by atoms with Gasteiger partial charge >= 0.3 is 5.97 Å². The monoisotopic (exact) mass is 396 g/mol. The SMILES string of the molecule is O=C(COC(=O)C1(c2ccccc2)CC1)N1CCN(Cc2ccccc2F)CC1. The van der Waals surface area contributed by atoms with E-state index in [9.17, 15) is 14.0 Å². The van der Waals surface area contributed by atoms with Crippen molar-refractivity contribution in [2.45, 2.75) is 24.8 Å². The van der Waals surface area contributed by atoms with Gasteiger partial charge in [-0.3, -0.25) is 14.5 Å². The van der Waals surface area contributed by atoms with E-state index in [0.29, 0.717) is 38.3 Å². The molecule has 2 aliphatic rings. The van der Waals surface area contributed by atoms with Crippen LogP contribution in [0.3, 0.4) is 0 Å². The van der Waals surface area contributed by atoms with E-state index < -0.39 is 5.41 Å². The minimum atomic E-state index is -0.569. The lowest BCUT2D eigenvalue weighted by atomic mass is 9.96. The summed E-state index contributed by atoms with van der Waals surface area (Å²) in [6, 6.07) is 16.4. The van der Waals surface area contributed by atoms with E-state index in [1.165, 1.54) is 6.07 Å². The van der Waals surface area contributed by atoms with Crippen LogP contribution in [0.15, 0.2) is 54.6 Å². The van der Waals surface area contributed by atoms with Gasteiger partial charge in [0, 0.05) is 38.3 Å². The van der Waals surface area contributed by atoms with Crippen molar-refractivity contribution >= 4 is 11.9 Å². The van der Waals surface area contributed by atoms with E-state index >= 15 is 0 Å². The Bertz CT molecular complexity index is 875. The van der Waals surface area contributed by atoms with E-state index in [2.05, 4.69) is 4.90 Å². The molecule has 0 radical (unpaired) electrons. The quantitative estimate of drug-likeness (QED) is 0.705. The van der Waals surface area contributed by atoms with E-state index in [1.807, 2.05) is 36.4 Å². The molecule has 1 heterocycles. The first-order chi connectivity index (χ1) is 14.1. The van der Waals surface area contributed by atoms with Crippen molar-refractivity contribution in [3.63, 3.8) is 0 Å². The summed E-state index contributed by atoms with van der Waals surface area (Å²) in [4.78, 5) is 28.9. The molecule has 2 fully saturated rings. The van der Waals surface area contributed by atoms with Crippen molar-refractivity contribution < 1.29 is 18.7 Å². The van der Waals surface area contributed by atoms with Crippen molar-refractivity contribution in [3.8, 4) is 0 Å². The molecule has 6 heteroatoms. The maximum atomic E-state index is 13.8. The van der Waals surface area contributed by atoms with Crippen molar-refractivity contribution in [2.75, 3.05) is 32.8 Å². The molecule has 152 valence electrons. The maximum Gasteiger partial charge on any atom is 0.317 e. The van der Waals surface area contributed by atoms with Crippen LogP contribution in [0.1, 0.15) is 24.0 Å². The summed E-state index contributed by atoms with van der Waals surface area (Å²) in [7, 11) is 0. The van der Waals surface area contributed by atoms with Crippen LogP contribution in [-0.4, -0.2) is 54.5 Å². The molecule has 1 saturated carbocycles. The summed E-state index contributed by atoms with van der Waals surface area (Å²) >= 11 is 0. The number of rotatable bonds is 6. The lowest BCUT2D eigenvalue weighted by Crippen LogP contribution is -2.49. The smallest absolute Gasteiger partial charge is 0.317 e. The van der Waals surface area contributed by atoms with Crippen LogP contribution < -0.4 is 0 Å². The normalized spacial score (nSPS) is 18.3. The van der Waals surface area contributed by atoms with E-state index in [1.54, 1.807) is 17.0 Å². The fourth-order valence-electron chi connectivity index (χ4n) is 3.87. The van der Waals surface area contributed by atoms with Crippen molar-refractivity contribution in [3.05, 3.63) is 71.5 Å². The van der Waals surface area contributed by atoms with Crippen LogP contribution in [0, 0.1) is 5.82 Å². The zero-order valence-corrected chi connectivity index (χ0v) is 16.4. The van der Waals surface area contributed by atoms with Gasteiger partial charge in [-0.15, -0.1) is 0 Å². The number of nitrogens with zero attached hydrogens (tertiary/aromatic N) is 2. The molecule has 0 bridgehead atoms. The number of carbonyl (C=O) groups is 2. The van der Waals surface area contributed by atoms with E-state index in [4.69, 9.17) is 4.74 Å². The van der Waals surface area contributed by atoms with E-state index in [-0.39, 0.29) is 24.3 Å². The second kappa shape index (κ2) is 8.33. The lowest BCUT2D eigenvalue weighted by Gasteiger charge is -2.34. The zero-order chi connectivity index (χ0) is 20.3. The molecule has 4 rings (SSSR count). The van der Waals surface area contributed by atoms with Crippen molar-refractivity contribution in [1.82, 2.24) is 9.80 Å². The largest absolute Gasteiger partial charge is 0.455 e. The summed E-state index contributed by atoms with van der Waals surface area (Å²) in [5.74, 6) is -0.687. The summed E-state index contributed by atoms with van der Waals surface area (Å²) in [5, 5.41) is 0. The Hall–Kier alpha value is -2.73. The molecule has 1 aliphatic carbocycles. The first-order valence-corrected chi connectivity index (χ1v) is 10.0. The Morgan fingerprint density at radius 1 is 0.931 bits per heavy atom. The lowest BCUT2D eigenvalue weighted by molar-refractivity contribution is -0.154. The molecule has 2 aromatic rings. The zero-order valence-electron chi connectivity index (χ0n) is 16.4. The number of amides is 1. The molecule has 0 N–H and O–H groups in total. The number of hydrogen-bond donors (Lipinski definition) is 0. The van der Waals surface area contributed by atoms with Gasteiger partial charge in [0.25, 0.3) is 5.91 Å². The molecule has 0 atom stereocenters. The van der Waals surface area contributed by atoms with Gasteiger partial charge in [0.15, 0.2) is 6.61 Å². The average molecular weight is 396 g/mol. The van der Waals surface area contributed by atoms with Gasteiger partial charge in [-0.1, -0.05) is 48.5 Å². The number of hydrogen-bond acceptors (Lipinski definition) is 4. The standard InChI is InChI=1S/C23H25FN2O3/c24-20-9-5-4-6-18(20)16-25-12-14-26(15-13-25)21(27)17-29-22(28)23(10-11-23)19-7-2-1-3-8-19/h1-9H,10-17H2. The Kier molecular flexibility index (Phi) is 5.62. The number of piperazine rings is 1. The van der Waals surface area contributed by atoms with Crippen molar-refractivity contribution in [2.24, 2.45) is 0 Å². The third-order valence-corrected chi connectivity index (χ3v) is 5.87. The average Bonchev–Trinajstić information content (AvgIpc) is 3.57.